The van der Waals surface area contributed by atoms with E-state index in [4.69, 9.17) is 0 Å². The summed E-state index contributed by atoms with van der Waals surface area (Å²) in [5, 5.41) is 3.52. The van der Waals surface area contributed by atoms with Gasteiger partial charge in [-0.2, -0.15) is 4.31 Å². The molecule has 0 saturated carbocycles. The zero-order valence-electron chi connectivity index (χ0n) is 15.1. The van der Waals surface area contributed by atoms with Gasteiger partial charge in [0.2, 0.25) is 15.9 Å². The molecule has 8 heteroatoms. The Morgan fingerprint density at radius 3 is 2.36 bits per heavy atom. The van der Waals surface area contributed by atoms with Gasteiger partial charge < -0.3 is 5.32 Å². The van der Waals surface area contributed by atoms with E-state index in [1.165, 1.54) is 18.0 Å². The number of nitrogens with one attached hydrogen (secondary N) is 1. The Hall–Kier alpha value is -1.12. The van der Waals surface area contributed by atoms with Gasteiger partial charge in [0.15, 0.2) is 0 Å². The Morgan fingerprint density at radius 2 is 1.84 bits per heavy atom. The predicted octanol–water partition coefficient (Wildman–Crippen LogP) is 2.65. The highest BCUT2D eigenvalue weighted by atomic mass is 32.2. The largest absolute Gasteiger partial charge is 0.351 e. The minimum atomic E-state index is -3.48. The van der Waals surface area contributed by atoms with Gasteiger partial charge in [-0.15, -0.1) is 0 Å². The number of thioether (sulfide) groups is 1. The highest BCUT2D eigenvalue weighted by molar-refractivity contribution is 7.99. The van der Waals surface area contributed by atoms with Gasteiger partial charge in [0.1, 0.15) is 4.90 Å². The van der Waals surface area contributed by atoms with Crippen LogP contribution in [0.4, 0.5) is 0 Å². The molecule has 0 unspecified atom stereocenters. The fourth-order valence-corrected chi connectivity index (χ4v) is 4.74. The average Bonchev–Trinajstić information content (AvgIpc) is 2.81. The second-order valence-electron chi connectivity index (χ2n) is 7.24. The van der Waals surface area contributed by atoms with Gasteiger partial charge in [0.05, 0.1) is 10.8 Å². The summed E-state index contributed by atoms with van der Waals surface area (Å²) in [6, 6.07) is 3.25. The third-order valence-corrected chi connectivity index (χ3v) is 6.60. The van der Waals surface area contributed by atoms with Gasteiger partial charge in [0.25, 0.3) is 0 Å². The lowest BCUT2D eigenvalue weighted by Gasteiger charge is -2.20. The Kier molecular flexibility index (Phi) is 6.87. The van der Waals surface area contributed by atoms with Crippen molar-refractivity contribution in [2.45, 2.75) is 61.9 Å². The van der Waals surface area contributed by atoms with E-state index in [0.29, 0.717) is 18.1 Å². The van der Waals surface area contributed by atoms with Gasteiger partial charge >= 0.3 is 0 Å². The van der Waals surface area contributed by atoms with Crippen molar-refractivity contribution in [2.75, 3.05) is 18.8 Å². The van der Waals surface area contributed by atoms with Crippen LogP contribution in [0.3, 0.4) is 0 Å². The third kappa shape index (κ3) is 6.27. The number of aromatic nitrogens is 1. The van der Waals surface area contributed by atoms with Crippen molar-refractivity contribution < 1.29 is 13.2 Å². The molecule has 0 atom stereocenters. The molecule has 2 rings (SSSR count). The standard InChI is InChI=1S/C17H27N3O3S2/c1-17(2,3)19-15(21)13-24-16-9-8-14(12-18-16)25(22,23)20-10-6-4-5-7-11-20/h8-9,12H,4-7,10-11,13H2,1-3H3,(H,19,21). The lowest BCUT2D eigenvalue weighted by Crippen LogP contribution is -2.41. The minimum Gasteiger partial charge on any atom is -0.351 e. The van der Waals surface area contributed by atoms with Crippen LogP contribution < -0.4 is 5.32 Å². The van der Waals surface area contributed by atoms with Crippen LogP contribution in [-0.2, 0) is 14.8 Å². The fourth-order valence-electron chi connectivity index (χ4n) is 2.63. The molecule has 0 spiro atoms. The van der Waals surface area contributed by atoms with E-state index in [2.05, 4.69) is 10.3 Å². The molecule has 1 amide bonds. The summed E-state index contributed by atoms with van der Waals surface area (Å²) in [4.78, 5) is 16.3. The maximum atomic E-state index is 12.7. The number of amides is 1. The van der Waals surface area contributed by atoms with E-state index in [0.717, 1.165) is 25.7 Å². The van der Waals surface area contributed by atoms with Gasteiger partial charge in [-0.05, 0) is 45.7 Å². The summed E-state index contributed by atoms with van der Waals surface area (Å²) < 4.78 is 26.9. The van der Waals surface area contributed by atoms with Crippen LogP contribution in [0.2, 0.25) is 0 Å². The third-order valence-electron chi connectivity index (χ3n) is 3.78. The van der Waals surface area contributed by atoms with E-state index in [1.54, 1.807) is 16.4 Å². The van der Waals surface area contributed by atoms with Crippen LogP contribution in [-0.4, -0.2) is 48.0 Å². The normalized spacial score (nSPS) is 17.1. The number of carbonyl (C=O) groups excluding carboxylic acids is 1. The first kappa shape index (κ1) is 20.2. The van der Waals surface area contributed by atoms with E-state index < -0.39 is 10.0 Å². The lowest BCUT2D eigenvalue weighted by atomic mass is 10.1. The molecule has 6 nitrogen and oxygen atoms in total. The molecule has 0 aromatic carbocycles. The van der Waals surface area contributed by atoms with Crippen LogP contribution >= 0.6 is 11.8 Å². The molecule has 2 heterocycles. The molecule has 140 valence electrons. The second kappa shape index (κ2) is 8.51. The smallest absolute Gasteiger partial charge is 0.244 e. The molecule has 0 radical (unpaired) electrons. The Morgan fingerprint density at radius 1 is 1.20 bits per heavy atom. The molecule has 1 aromatic rings. The number of sulfonamides is 1. The van der Waals surface area contributed by atoms with E-state index in [9.17, 15) is 13.2 Å². The van der Waals surface area contributed by atoms with Crippen LogP contribution in [0.5, 0.6) is 0 Å². The van der Waals surface area contributed by atoms with E-state index >= 15 is 0 Å². The van der Waals surface area contributed by atoms with Gasteiger partial charge in [0, 0.05) is 24.8 Å². The average molecular weight is 386 g/mol. The predicted molar refractivity (Wildman–Crippen MR) is 100 cm³/mol. The highest BCUT2D eigenvalue weighted by Crippen LogP contribution is 2.22. The second-order valence-corrected chi connectivity index (χ2v) is 10.2. The van der Waals surface area contributed by atoms with E-state index in [-0.39, 0.29) is 22.1 Å². The van der Waals surface area contributed by atoms with E-state index in [1.807, 2.05) is 20.8 Å². The minimum absolute atomic E-state index is 0.0689. The maximum Gasteiger partial charge on any atom is 0.244 e. The van der Waals surface area contributed by atoms with Gasteiger partial charge in [-0.1, -0.05) is 24.6 Å². The molecule has 1 saturated heterocycles. The van der Waals surface area contributed by atoms with Crippen molar-refractivity contribution in [2.24, 2.45) is 0 Å². The van der Waals surface area contributed by atoms with Crippen LogP contribution in [0, 0.1) is 0 Å². The van der Waals surface area contributed by atoms with Gasteiger partial charge in [-0.3, -0.25) is 4.79 Å². The molecule has 25 heavy (non-hydrogen) atoms. The fraction of sp³-hybridized carbons (Fsp3) is 0.647. The van der Waals surface area contributed by atoms with Crippen LogP contribution in [0.25, 0.3) is 0 Å². The number of hydrogen-bond acceptors (Lipinski definition) is 5. The quantitative estimate of drug-likeness (QED) is 0.788. The Bertz CT molecular complexity index is 674. The molecular formula is C17H27N3O3S2. The number of nitrogens with zero attached hydrogens (tertiary/aromatic N) is 2. The SMILES string of the molecule is CC(C)(C)NC(=O)CSc1ccc(S(=O)(=O)N2CCCCCC2)cn1. The molecule has 1 N–H and O–H groups in total. The molecule has 0 aliphatic carbocycles. The molecule has 1 aromatic heterocycles. The molecule has 1 fully saturated rings. The Labute approximate surface area is 154 Å². The first-order valence-corrected chi connectivity index (χ1v) is 11.0. The van der Waals surface area contributed by atoms with Crippen molar-refractivity contribution in [1.29, 1.82) is 0 Å². The number of rotatable bonds is 5. The van der Waals surface area contributed by atoms with Crippen molar-refractivity contribution in [3.8, 4) is 0 Å². The molecule has 1 aliphatic heterocycles. The number of pyridine rings is 1. The summed E-state index contributed by atoms with van der Waals surface area (Å²) in [5.74, 6) is 0.184. The number of hydrogen-bond donors (Lipinski definition) is 1. The van der Waals surface area contributed by atoms with Crippen molar-refractivity contribution in [3.63, 3.8) is 0 Å². The molecular weight excluding hydrogens is 358 g/mol. The zero-order valence-corrected chi connectivity index (χ0v) is 16.8. The van der Waals surface area contributed by atoms with Crippen LogP contribution in [0.15, 0.2) is 28.3 Å². The Balaban J connectivity index is 1.98. The summed E-state index contributed by atoms with van der Waals surface area (Å²) in [5.41, 5.74) is -0.268. The topological polar surface area (TPSA) is 79.4 Å². The van der Waals surface area contributed by atoms with Crippen molar-refractivity contribution in [1.82, 2.24) is 14.6 Å². The summed E-state index contributed by atoms with van der Waals surface area (Å²) in [7, 11) is -3.48. The summed E-state index contributed by atoms with van der Waals surface area (Å²) in [6.45, 7) is 6.93. The molecule has 1 aliphatic rings. The van der Waals surface area contributed by atoms with Crippen molar-refractivity contribution >= 4 is 27.7 Å². The monoisotopic (exact) mass is 385 g/mol. The summed E-state index contributed by atoms with van der Waals surface area (Å²) >= 11 is 1.30. The first-order valence-electron chi connectivity index (χ1n) is 8.58. The molecule has 0 bridgehead atoms. The maximum absolute atomic E-state index is 12.7. The first-order chi connectivity index (χ1) is 11.7. The number of carbonyl (C=O) groups is 1. The highest BCUT2D eigenvalue weighted by Gasteiger charge is 2.25. The lowest BCUT2D eigenvalue weighted by molar-refractivity contribution is -0.119. The van der Waals surface area contributed by atoms with Crippen molar-refractivity contribution in [3.05, 3.63) is 18.3 Å². The van der Waals surface area contributed by atoms with Gasteiger partial charge in [-0.25, -0.2) is 13.4 Å². The zero-order chi connectivity index (χ0) is 18.5. The summed E-state index contributed by atoms with van der Waals surface area (Å²) in [6.07, 6.45) is 5.37. The van der Waals surface area contributed by atoms with Crippen LogP contribution in [0.1, 0.15) is 46.5 Å².